The summed E-state index contributed by atoms with van der Waals surface area (Å²) < 4.78 is 18.4. The van der Waals surface area contributed by atoms with Gasteiger partial charge in [0.25, 0.3) is 0 Å². The lowest BCUT2D eigenvalue weighted by atomic mass is 10.3. The molecule has 0 atom stereocenters. The van der Waals surface area contributed by atoms with E-state index in [0.29, 0.717) is 45.0 Å². The van der Waals surface area contributed by atoms with Crippen LogP contribution in [-0.4, -0.2) is 74.2 Å². The average Bonchev–Trinajstić information content (AvgIpc) is 2.69. The van der Waals surface area contributed by atoms with E-state index in [1.54, 1.807) is 4.90 Å². The van der Waals surface area contributed by atoms with Crippen LogP contribution in [0.25, 0.3) is 0 Å². The fraction of sp³-hybridized carbons (Fsp3) is 0.600. The molecular weight excluding hydrogens is 363 g/mol. The summed E-state index contributed by atoms with van der Waals surface area (Å²) in [4.78, 5) is 28.0. The van der Waals surface area contributed by atoms with Crippen LogP contribution in [0.1, 0.15) is 26.2 Å². The SMILES string of the molecule is CCCCOCCCNC(=O)N1CCN(CC(=O)Nc2ccc(F)cc2)CC1. The van der Waals surface area contributed by atoms with Crippen molar-refractivity contribution >= 4 is 17.6 Å². The summed E-state index contributed by atoms with van der Waals surface area (Å²) in [5.41, 5.74) is 0.572. The Morgan fingerprint density at radius 1 is 1.07 bits per heavy atom. The van der Waals surface area contributed by atoms with Gasteiger partial charge in [-0.1, -0.05) is 13.3 Å². The number of benzene rings is 1. The van der Waals surface area contributed by atoms with Gasteiger partial charge < -0.3 is 20.3 Å². The van der Waals surface area contributed by atoms with Crippen molar-refractivity contribution in [3.63, 3.8) is 0 Å². The summed E-state index contributed by atoms with van der Waals surface area (Å²) in [6.45, 7) is 6.88. The van der Waals surface area contributed by atoms with Crippen molar-refractivity contribution in [1.29, 1.82) is 0 Å². The molecular formula is C20H31FN4O3. The second-order valence-electron chi connectivity index (χ2n) is 6.87. The fourth-order valence-corrected chi connectivity index (χ4v) is 2.88. The van der Waals surface area contributed by atoms with Crippen LogP contribution >= 0.6 is 0 Å². The fourth-order valence-electron chi connectivity index (χ4n) is 2.88. The van der Waals surface area contributed by atoms with Crippen LogP contribution in [0.15, 0.2) is 24.3 Å². The Morgan fingerprint density at radius 2 is 1.75 bits per heavy atom. The van der Waals surface area contributed by atoms with Crippen molar-refractivity contribution in [2.24, 2.45) is 0 Å². The third-order valence-electron chi connectivity index (χ3n) is 4.54. The first-order chi connectivity index (χ1) is 13.6. The average molecular weight is 394 g/mol. The van der Waals surface area contributed by atoms with E-state index >= 15 is 0 Å². The highest BCUT2D eigenvalue weighted by Gasteiger charge is 2.22. The molecule has 1 aliphatic heterocycles. The number of hydrogen-bond donors (Lipinski definition) is 2. The molecule has 2 rings (SSSR count). The summed E-state index contributed by atoms with van der Waals surface area (Å²) in [6, 6.07) is 5.62. The molecule has 28 heavy (non-hydrogen) atoms. The van der Waals surface area contributed by atoms with Crippen molar-refractivity contribution in [3.05, 3.63) is 30.1 Å². The van der Waals surface area contributed by atoms with Gasteiger partial charge in [-0.15, -0.1) is 0 Å². The number of anilines is 1. The van der Waals surface area contributed by atoms with E-state index in [-0.39, 0.29) is 24.3 Å². The van der Waals surface area contributed by atoms with Crippen LogP contribution in [0, 0.1) is 5.82 Å². The lowest BCUT2D eigenvalue weighted by Crippen LogP contribution is -2.53. The Kier molecular flexibility index (Phi) is 9.71. The zero-order valence-electron chi connectivity index (χ0n) is 16.6. The highest BCUT2D eigenvalue weighted by atomic mass is 19.1. The normalized spacial score (nSPS) is 14.7. The predicted molar refractivity (Wildman–Crippen MR) is 107 cm³/mol. The number of rotatable bonds is 10. The van der Waals surface area contributed by atoms with Crippen molar-refractivity contribution in [2.75, 3.05) is 57.8 Å². The lowest BCUT2D eigenvalue weighted by Gasteiger charge is -2.34. The zero-order chi connectivity index (χ0) is 20.2. The maximum atomic E-state index is 12.9. The second kappa shape index (κ2) is 12.3. The summed E-state index contributed by atoms with van der Waals surface area (Å²) in [7, 11) is 0. The molecule has 0 aliphatic carbocycles. The number of carbonyl (C=O) groups excluding carboxylic acids is 2. The smallest absolute Gasteiger partial charge is 0.317 e. The number of amides is 3. The highest BCUT2D eigenvalue weighted by Crippen LogP contribution is 2.09. The summed E-state index contributed by atoms with van der Waals surface area (Å²) >= 11 is 0. The Hall–Kier alpha value is -2.19. The molecule has 1 aromatic carbocycles. The molecule has 1 aliphatic rings. The Labute approximate surface area is 166 Å². The second-order valence-corrected chi connectivity index (χ2v) is 6.87. The molecule has 0 spiro atoms. The maximum absolute atomic E-state index is 12.9. The number of ether oxygens (including phenoxy) is 1. The van der Waals surface area contributed by atoms with Crippen LogP contribution in [0.4, 0.5) is 14.9 Å². The predicted octanol–water partition coefficient (Wildman–Crippen LogP) is 2.30. The number of nitrogens with one attached hydrogen (secondary N) is 2. The molecule has 0 bridgehead atoms. The first-order valence-electron chi connectivity index (χ1n) is 9.96. The molecule has 1 heterocycles. The number of nitrogens with zero attached hydrogens (tertiary/aromatic N) is 2. The van der Waals surface area contributed by atoms with E-state index in [4.69, 9.17) is 4.74 Å². The van der Waals surface area contributed by atoms with Gasteiger partial charge in [0.1, 0.15) is 5.82 Å². The molecule has 0 radical (unpaired) electrons. The first-order valence-corrected chi connectivity index (χ1v) is 9.96. The van der Waals surface area contributed by atoms with Gasteiger partial charge in [-0.25, -0.2) is 9.18 Å². The molecule has 8 heteroatoms. The third kappa shape index (κ3) is 8.22. The van der Waals surface area contributed by atoms with Gasteiger partial charge in [0.15, 0.2) is 0 Å². The minimum absolute atomic E-state index is 0.0658. The third-order valence-corrected chi connectivity index (χ3v) is 4.54. The summed E-state index contributed by atoms with van der Waals surface area (Å²) in [5, 5.41) is 5.67. The molecule has 0 aromatic heterocycles. The van der Waals surface area contributed by atoms with Gasteiger partial charge in [-0.05, 0) is 37.1 Å². The molecule has 1 aromatic rings. The van der Waals surface area contributed by atoms with Gasteiger partial charge in [0.05, 0.1) is 6.54 Å². The molecule has 7 nitrogen and oxygen atoms in total. The lowest BCUT2D eigenvalue weighted by molar-refractivity contribution is -0.117. The van der Waals surface area contributed by atoms with Gasteiger partial charge in [-0.2, -0.15) is 0 Å². The van der Waals surface area contributed by atoms with Crippen LogP contribution in [0.3, 0.4) is 0 Å². The van der Waals surface area contributed by atoms with Crippen LogP contribution in [0.5, 0.6) is 0 Å². The van der Waals surface area contributed by atoms with Gasteiger partial charge in [0.2, 0.25) is 5.91 Å². The number of unbranched alkanes of at least 4 members (excludes halogenated alkanes) is 1. The quantitative estimate of drug-likeness (QED) is 0.597. The Bertz CT molecular complexity index is 604. The molecule has 3 amide bonds. The number of hydrogen-bond acceptors (Lipinski definition) is 4. The van der Waals surface area contributed by atoms with Crippen LogP contribution < -0.4 is 10.6 Å². The molecule has 1 saturated heterocycles. The standard InChI is InChI=1S/C20H31FN4O3/c1-2-3-14-28-15-4-9-22-20(27)25-12-10-24(11-13-25)16-19(26)23-18-7-5-17(21)6-8-18/h5-8H,2-4,9-16H2,1H3,(H,22,27)(H,23,26). The van der Waals surface area contributed by atoms with Gasteiger partial charge in [-0.3, -0.25) is 9.69 Å². The Balaban J connectivity index is 1.58. The monoisotopic (exact) mass is 394 g/mol. The zero-order valence-corrected chi connectivity index (χ0v) is 16.6. The van der Waals surface area contributed by atoms with Crippen molar-refractivity contribution in [1.82, 2.24) is 15.1 Å². The maximum Gasteiger partial charge on any atom is 0.317 e. The van der Waals surface area contributed by atoms with E-state index < -0.39 is 0 Å². The number of halogens is 1. The van der Waals surface area contributed by atoms with Crippen molar-refractivity contribution in [2.45, 2.75) is 26.2 Å². The molecule has 0 saturated carbocycles. The van der Waals surface area contributed by atoms with Crippen LogP contribution in [-0.2, 0) is 9.53 Å². The van der Waals surface area contributed by atoms with Crippen molar-refractivity contribution < 1.29 is 18.7 Å². The van der Waals surface area contributed by atoms with Gasteiger partial charge in [0, 0.05) is 51.6 Å². The van der Waals surface area contributed by atoms with Crippen molar-refractivity contribution in [3.8, 4) is 0 Å². The Morgan fingerprint density at radius 3 is 2.43 bits per heavy atom. The minimum Gasteiger partial charge on any atom is -0.381 e. The van der Waals surface area contributed by atoms with E-state index in [2.05, 4.69) is 17.6 Å². The molecule has 1 fully saturated rings. The minimum atomic E-state index is -0.337. The molecule has 0 unspecified atom stereocenters. The largest absolute Gasteiger partial charge is 0.381 e. The number of urea groups is 1. The first kappa shape index (κ1) is 22.1. The van der Waals surface area contributed by atoms with E-state index in [1.807, 2.05) is 4.90 Å². The summed E-state index contributed by atoms with van der Waals surface area (Å²) in [5.74, 6) is -0.482. The van der Waals surface area contributed by atoms with Gasteiger partial charge >= 0.3 is 6.03 Å². The number of piperazine rings is 1. The molecule has 2 N–H and O–H groups in total. The van der Waals surface area contributed by atoms with E-state index in [0.717, 1.165) is 25.9 Å². The van der Waals surface area contributed by atoms with E-state index in [1.165, 1.54) is 24.3 Å². The molecule has 156 valence electrons. The van der Waals surface area contributed by atoms with E-state index in [9.17, 15) is 14.0 Å². The topological polar surface area (TPSA) is 73.9 Å². The van der Waals surface area contributed by atoms with Crippen LogP contribution in [0.2, 0.25) is 0 Å². The number of carbonyl (C=O) groups is 2. The highest BCUT2D eigenvalue weighted by molar-refractivity contribution is 5.92. The summed E-state index contributed by atoms with van der Waals surface area (Å²) in [6.07, 6.45) is 2.99.